The molecule has 1 aromatic carbocycles. The van der Waals surface area contributed by atoms with E-state index < -0.39 is 41.2 Å². The number of carbonyl (C=O) groups excluding carboxylic acids is 1. The molecule has 29 heavy (non-hydrogen) atoms. The second kappa shape index (κ2) is 7.62. The third kappa shape index (κ3) is 4.26. The van der Waals surface area contributed by atoms with Gasteiger partial charge in [-0.05, 0) is 13.0 Å². The monoisotopic (exact) mass is 415 g/mol. The molecule has 3 rings (SSSR count). The van der Waals surface area contributed by atoms with Gasteiger partial charge in [0.15, 0.2) is 17.4 Å². The van der Waals surface area contributed by atoms with Gasteiger partial charge in [0.25, 0.3) is 0 Å². The topological polar surface area (TPSA) is 106 Å². The summed E-state index contributed by atoms with van der Waals surface area (Å²) in [6.45, 7) is 1.25. The Morgan fingerprint density at radius 1 is 1.24 bits per heavy atom. The maximum absolute atomic E-state index is 13.9. The molecule has 0 saturated carbocycles. The highest BCUT2D eigenvalue weighted by Gasteiger charge is 2.45. The lowest BCUT2D eigenvalue weighted by molar-refractivity contribution is -0.158. The molecule has 0 aliphatic carbocycles. The number of carbonyl (C=O) groups is 1. The van der Waals surface area contributed by atoms with Crippen molar-refractivity contribution in [2.45, 2.75) is 25.7 Å². The third-order valence-corrected chi connectivity index (χ3v) is 4.00. The van der Waals surface area contributed by atoms with Gasteiger partial charge in [-0.1, -0.05) is 0 Å². The van der Waals surface area contributed by atoms with Crippen molar-refractivity contribution in [1.29, 1.82) is 0 Å². The van der Waals surface area contributed by atoms with Crippen molar-refractivity contribution >= 4 is 22.7 Å². The molecule has 0 radical (unpaired) electrons. The summed E-state index contributed by atoms with van der Waals surface area (Å²) >= 11 is 0. The number of hydrogen-bond acceptors (Lipinski definition) is 5. The second-order valence-electron chi connectivity index (χ2n) is 6.02. The molecule has 0 spiro atoms. The Bertz CT molecular complexity index is 1050. The van der Waals surface area contributed by atoms with E-state index >= 15 is 0 Å². The number of nitrogens with one attached hydrogen (secondary N) is 2. The lowest BCUT2D eigenvalue weighted by atomic mass is 10.1. The number of rotatable bonds is 4. The number of aromatic nitrogens is 2. The molecule has 154 valence electrons. The van der Waals surface area contributed by atoms with Gasteiger partial charge in [-0.15, -0.1) is 0 Å². The molecule has 12 heteroatoms. The summed E-state index contributed by atoms with van der Waals surface area (Å²) in [4.78, 5) is 19.7. The van der Waals surface area contributed by atoms with Crippen molar-refractivity contribution in [1.82, 2.24) is 15.3 Å². The fraction of sp³-hybridized carbons (Fsp3) is 0.235. The molecular formula is C17H14F5N5O2. The number of halogens is 5. The van der Waals surface area contributed by atoms with Gasteiger partial charge in [0, 0.05) is 17.0 Å². The Labute approximate surface area is 160 Å². The van der Waals surface area contributed by atoms with Crippen LogP contribution in [0.2, 0.25) is 0 Å². The summed E-state index contributed by atoms with van der Waals surface area (Å²) < 4.78 is 73.1. The molecule has 2 amide bonds. The van der Waals surface area contributed by atoms with Gasteiger partial charge in [-0.25, -0.2) is 23.5 Å². The molecule has 0 bridgehead atoms. The minimum Gasteiger partial charge on any atom is -0.455 e. The minimum absolute atomic E-state index is 0.0232. The highest BCUT2D eigenvalue weighted by atomic mass is 19.4. The quantitative estimate of drug-likeness (QED) is 0.564. The van der Waals surface area contributed by atoms with E-state index in [1.807, 2.05) is 0 Å². The Morgan fingerprint density at radius 2 is 1.90 bits per heavy atom. The van der Waals surface area contributed by atoms with Crippen molar-refractivity contribution in [2.24, 2.45) is 5.73 Å². The van der Waals surface area contributed by atoms with Crippen LogP contribution in [0.3, 0.4) is 0 Å². The minimum atomic E-state index is -4.98. The highest BCUT2D eigenvalue weighted by Crippen LogP contribution is 2.39. The fourth-order valence-corrected chi connectivity index (χ4v) is 2.66. The van der Waals surface area contributed by atoms with Crippen LogP contribution in [0.5, 0.6) is 0 Å². The lowest BCUT2D eigenvalue weighted by Crippen LogP contribution is -2.40. The summed E-state index contributed by atoms with van der Waals surface area (Å²) in [5.74, 6) is -2.62. The molecular weight excluding hydrogens is 401 g/mol. The summed E-state index contributed by atoms with van der Waals surface area (Å²) in [5, 5.41) is 3.70. The number of benzene rings is 1. The van der Waals surface area contributed by atoms with E-state index in [-0.39, 0.29) is 29.0 Å². The van der Waals surface area contributed by atoms with Crippen LogP contribution in [-0.4, -0.2) is 22.2 Å². The molecule has 1 atom stereocenters. The molecule has 0 aliphatic rings. The zero-order valence-electron chi connectivity index (χ0n) is 14.8. The van der Waals surface area contributed by atoms with Crippen molar-refractivity contribution in [2.75, 3.05) is 5.32 Å². The van der Waals surface area contributed by atoms with Gasteiger partial charge in [0.1, 0.15) is 17.4 Å². The van der Waals surface area contributed by atoms with E-state index in [0.29, 0.717) is 6.07 Å². The number of aryl methyl sites for hydroxylation is 1. The van der Waals surface area contributed by atoms with Crippen molar-refractivity contribution < 1.29 is 31.2 Å². The molecule has 0 fully saturated rings. The average molecular weight is 415 g/mol. The van der Waals surface area contributed by atoms with E-state index in [0.717, 1.165) is 6.07 Å². The van der Waals surface area contributed by atoms with Gasteiger partial charge in [-0.2, -0.15) is 13.2 Å². The van der Waals surface area contributed by atoms with E-state index in [1.54, 1.807) is 5.32 Å². The number of anilines is 1. The van der Waals surface area contributed by atoms with Crippen molar-refractivity contribution in [3.8, 4) is 0 Å². The van der Waals surface area contributed by atoms with E-state index in [4.69, 9.17) is 10.2 Å². The first kappa shape index (κ1) is 20.5. The van der Waals surface area contributed by atoms with Crippen LogP contribution in [0.4, 0.5) is 32.4 Å². The molecule has 0 saturated heterocycles. The van der Waals surface area contributed by atoms with Gasteiger partial charge in [0.05, 0.1) is 24.6 Å². The Morgan fingerprint density at radius 3 is 2.48 bits per heavy atom. The molecule has 0 aliphatic heterocycles. The smallest absolute Gasteiger partial charge is 0.416 e. The van der Waals surface area contributed by atoms with Crippen LogP contribution in [0.15, 0.2) is 28.9 Å². The second-order valence-corrected chi connectivity index (χ2v) is 6.02. The van der Waals surface area contributed by atoms with E-state index in [9.17, 15) is 26.7 Å². The summed E-state index contributed by atoms with van der Waals surface area (Å²) in [6, 6.07) is -2.50. The van der Waals surface area contributed by atoms with Crippen LogP contribution < -0.4 is 16.4 Å². The maximum atomic E-state index is 13.9. The number of hydrogen-bond donors (Lipinski definition) is 3. The number of nitrogens with zero attached hydrogens (tertiary/aromatic N) is 2. The zero-order valence-corrected chi connectivity index (χ0v) is 14.8. The van der Waals surface area contributed by atoms with E-state index in [1.165, 1.54) is 19.3 Å². The summed E-state index contributed by atoms with van der Waals surface area (Å²) in [6.07, 6.45) is -2.64. The zero-order chi connectivity index (χ0) is 21.3. The first-order valence-corrected chi connectivity index (χ1v) is 8.13. The van der Waals surface area contributed by atoms with Gasteiger partial charge in [-0.3, -0.25) is 0 Å². The number of alkyl halides is 3. The van der Waals surface area contributed by atoms with Gasteiger partial charge in [0.2, 0.25) is 0 Å². The Hall–Kier alpha value is -3.28. The SMILES string of the molecule is Cc1c([C@@H](NC(=O)Nc2cnc(CN)nc2)C(F)(F)F)oc2c(F)cc(F)cc12. The maximum Gasteiger partial charge on any atom is 0.416 e. The molecule has 2 aromatic heterocycles. The number of amides is 2. The van der Waals surface area contributed by atoms with Crippen LogP contribution in [0, 0.1) is 18.6 Å². The molecule has 3 aromatic rings. The average Bonchev–Trinajstić information content (AvgIpc) is 2.96. The van der Waals surface area contributed by atoms with Crippen LogP contribution >= 0.6 is 0 Å². The summed E-state index contributed by atoms with van der Waals surface area (Å²) in [7, 11) is 0. The first-order chi connectivity index (χ1) is 13.6. The third-order valence-electron chi connectivity index (χ3n) is 4.00. The van der Waals surface area contributed by atoms with Crippen LogP contribution in [0.1, 0.15) is 23.2 Å². The van der Waals surface area contributed by atoms with Crippen LogP contribution in [-0.2, 0) is 6.54 Å². The number of fused-ring (bicyclic) bond motifs is 1. The molecule has 4 N–H and O–H groups in total. The Kier molecular flexibility index (Phi) is 5.38. The molecule has 2 heterocycles. The summed E-state index contributed by atoms with van der Waals surface area (Å²) in [5.41, 5.74) is 4.66. The Balaban J connectivity index is 1.90. The normalized spacial score (nSPS) is 12.8. The predicted octanol–water partition coefficient (Wildman–Crippen LogP) is 3.69. The largest absolute Gasteiger partial charge is 0.455 e. The van der Waals surface area contributed by atoms with Crippen molar-refractivity contribution in [3.63, 3.8) is 0 Å². The lowest BCUT2D eigenvalue weighted by Gasteiger charge is -2.20. The molecule has 7 nitrogen and oxygen atoms in total. The molecule has 0 unspecified atom stereocenters. The first-order valence-electron chi connectivity index (χ1n) is 8.13. The number of furan rings is 1. The van der Waals surface area contributed by atoms with Gasteiger partial charge >= 0.3 is 12.2 Å². The van der Waals surface area contributed by atoms with Crippen LogP contribution in [0.25, 0.3) is 11.0 Å². The van der Waals surface area contributed by atoms with Gasteiger partial charge < -0.3 is 20.8 Å². The van der Waals surface area contributed by atoms with Crippen molar-refractivity contribution in [3.05, 3.63) is 53.3 Å². The standard InChI is InChI=1S/C17H14F5N5O2/c1-7-10-2-8(18)3-11(19)14(10)29-13(7)15(17(20,21)22)27-16(28)26-9-5-24-12(4-23)25-6-9/h2-3,5-6,15H,4,23H2,1H3,(H2,26,27,28)/t15-/m1/s1. The predicted molar refractivity (Wildman–Crippen MR) is 91.7 cm³/mol. The fourth-order valence-electron chi connectivity index (χ4n) is 2.66. The highest BCUT2D eigenvalue weighted by molar-refractivity contribution is 5.89. The number of nitrogens with two attached hydrogens (primary N) is 1. The van der Waals surface area contributed by atoms with E-state index in [2.05, 4.69) is 15.3 Å². The number of urea groups is 1.